The summed E-state index contributed by atoms with van der Waals surface area (Å²) < 4.78 is 5.81. The third kappa shape index (κ3) is 4.42. The summed E-state index contributed by atoms with van der Waals surface area (Å²) in [6.07, 6.45) is 10.1. The molecule has 1 unspecified atom stereocenters. The lowest BCUT2D eigenvalue weighted by atomic mass is 9.75. The minimum Gasteiger partial charge on any atom is -0.389 e. The van der Waals surface area contributed by atoms with Crippen LogP contribution in [-0.2, 0) is 4.74 Å². The average Bonchev–Trinajstić information content (AvgIpc) is 2.40. The molecule has 2 aliphatic carbocycles. The number of aliphatic hydroxyl groups is 1. The average molecular weight is 284 g/mol. The number of hydrogen-bond donors (Lipinski definition) is 2. The summed E-state index contributed by atoms with van der Waals surface area (Å²) in [5.41, 5.74) is 0.323. The van der Waals surface area contributed by atoms with Gasteiger partial charge in [-0.2, -0.15) is 0 Å². The summed E-state index contributed by atoms with van der Waals surface area (Å²) in [6.45, 7) is 2.09. The monoisotopic (exact) mass is 284 g/mol. The zero-order valence-corrected chi connectivity index (χ0v) is 13.2. The molecule has 2 N–H and O–H groups in total. The van der Waals surface area contributed by atoms with Gasteiger partial charge in [-0.1, -0.05) is 19.3 Å². The first kappa shape index (κ1) is 16.2. The van der Waals surface area contributed by atoms with Crippen molar-refractivity contribution in [3.8, 4) is 0 Å². The highest BCUT2D eigenvalue weighted by molar-refractivity contribution is 4.97. The molecule has 1 atom stereocenters. The fourth-order valence-electron chi connectivity index (χ4n) is 3.38. The summed E-state index contributed by atoms with van der Waals surface area (Å²) in [5, 5.41) is 13.4. The molecule has 0 bridgehead atoms. The molecule has 4 heteroatoms. The zero-order chi connectivity index (χ0) is 14.4. The third-order valence-electron chi connectivity index (χ3n) is 5.14. The largest absolute Gasteiger partial charge is 0.389 e. The number of ether oxygens (including phenoxy) is 1. The Hall–Kier alpha value is -0.160. The van der Waals surface area contributed by atoms with Gasteiger partial charge in [0.05, 0.1) is 18.8 Å². The molecular formula is C16H32N2O2. The van der Waals surface area contributed by atoms with Crippen LogP contribution in [0.1, 0.15) is 51.4 Å². The van der Waals surface area contributed by atoms with Crippen molar-refractivity contribution in [1.29, 1.82) is 0 Å². The fourth-order valence-corrected chi connectivity index (χ4v) is 3.38. The Morgan fingerprint density at radius 3 is 2.45 bits per heavy atom. The first-order chi connectivity index (χ1) is 9.62. The van der Waals surface area contributed by atoms with Gasteiger partial charge >= 0.3 is 0 Å². The Bertz CT molecular complexity index is 274. The van der Waals surface area contributed by atoms with Crippen LogP contribution < -0.4 is 5.32 Å². The third-order valence-corrected chi connectivity index (χ3v) is 5.14. The molecule has 0 aromatic rings. The SMILES string of the molecule is CN(C)C1(CNCC(O)COC2CCCCC2)CCC1. The van der Waals surface area contributed by atoms with E-state index < -0.39 is 0 Å². The zero-order valence-electron chi connectivity index (χ0n) is 13.2. The van der Waals surface area contributed by atoms with Crippen LogP contribution in [0, 0.1) is 0 Å². The van der Waals surface area contributed by atoms with Crippen LogP contribution >= 0.6 is 0 Å². The van der Waals surface area contributed by atoms with Crippen LogP contribution in [0.15, 0.2) is 0 Å². The Labute approximate surface area is 123 Å². The van der Waals surface area contributed by atoms with Crippen molar-refractivity contribution in [2.24, 2.45) is 0 Å². The van der Waals surface area contributed by atoms with Gasteiger partial charge in [0, 0.05) is 18.6 Å². The van der Waals surface area contributed by atoms with Gasteiger partial charge in [0.1, 0.15) is 0 Å². The highest BCUT2D eigenvalue weighted by Gasteiger charge is 2.38. The molecule has 2 fully saturated rings. The van der Waals surface area contributed by atoms with Crippen LogP contribution in [-0.4, -0.2) is 61.5 Å². The van der Waals surface area contributed by atoms with E-state index >= 15 is 0 Å². The molecule has 4 nitrogen and oxygen atoms in total. The van der Waals surface area contributed by atoms with Crippen LogP contribution in [0.2, 0.25) is 0 Å². The first-order valence-electron chi connectivity index (χ1n) is 8.30. The normalized spacial score (nSPS) is 24.6. The molecule has 2 saturated carbocycles. The molecule has 0 aromatic carbocycles. The van der Waals surface area contributed by atoms with Gasteiger partial charge in [-0.3, -0.25) is 0 Å². The highest BCUT2D eigenvalue weighted by atomic mass is 16.5. The Balaban J connectivity index is 1.56. The van der Waals surface area contributed by atoms with Crippen molar-refractivity contribution in [2.45, 2.75) is 69.1 Å². The molecule has 0 heterocycles. The fraction of sp³-hybridized carbons (Fsp3) is 1.00. The number of aliphatic hydroxyl groups excluding tert-OH is 1. The topological polar surface area (TPSA) is 44.7 Å². The predicted molar refractivity (Wildman–Crippen MR) is 82.0 cm³/mol. The second-order valence-electron chi connectivity index (χ2n) is 6.85. The first-order valence-corrected chi connectivity index (χ1v) is 8.30. The van der Waals surface area contributed by atoms with Gasteiger partial charge in [-0.15, -0.1) is 0 Å². The molecule has 0 radical (unpaired) electrons. The summed E-state index contributed by atoms with van der Waals surface area (Å²) in [6, 6.07) is 0. The lowest BCUT2D eigenvalue weighted by Gasteiger charge is -2.47. The summed E-state index contributed by atoms with van der Waals surface area (Å²) >= 11 is 0. The highest BCUT2D eigenvalue weighted by Crippen LogP contribution is 2.35. The predicted octanol–water partition coefficient (Wildman–Crippen LogP) is 1.77. The number of hydrogen-bond acceptors (Lipinski definition) is 4. The minimum absolute atomic E-state index is 0.323. The Morgan fingerprint density at radius 2 is 1.90 bits per heavy atom. The maximum absolute atomic E-state index is 10.0. The van der Waals surface area contributed by atoms with E-state index in [0.717, 1.165) is 6.54 Å². The lowest BCUT2D eigenvalue weighted by Crippen LogP contribution is -2.57. The van der Waals surface area contributed by atoms with Crippen molar-refractivity contribution in [3.05, 3.63) is 0 Å². The van der Waals surface area contributed by atoms with Crippen molar-refractivity contribution in [3.63, 3.8) is 0 Å². The summed E-state index contributed by atoms with van der Waals surface area (Å²) in [5.74, 6) is 0. The molecule has 0 amide bonds. The van der Waals surface area contributed by atoms with Crippen molar-refractivity contribution < 1.29 is 9.84 Å². The van der Waals surface area contributed by atoms with Crippen LogP contribution in [0.3, 0.4) is 0 Å². The molecule has 20 heavy (non-hydrogen) atoms. The molecular weight excluding hydrogens is 252 g/mol. The molecule has 2 aliphatic rings. The van der Waals surface area contributed by atoms with E-state index in [2.05, 4.69) is 24.3 Å². The van der Waals surface area contributed by atoms with E-state index in [1.165, 1.54) is 51.4 Å². The van der Waals surface area contributed by atoms with Crippen molar-refractivity contribution >= 4 is 0 Å². The van der Waals surface area contributed by atoms with Gasteiger partial charge < -0.3 is 20.1 Å². The molecule has 0 aliphatic heterocycles. The molecule has 0 aromatic heterocycles. The van der Waals surface area contributed by atoms with Gasteiger partial charge in [-0.05, 0) is 46.2 Å². The summed E-state index contributed by atoms with van der Waals surface area (Å²) in [7, 11) is 4.31. The molecule has 118 valence electrons. The van der Waals surface area contributed by atoms with Crippen LogP contribution in [0.5, 0.6) is 0 Å². The second kappa shape index (κ2) is 7.74. The van der Waals surface area contributed by atoms with E-state index in [9.17, 15) is 5.11 Å². The van der Waals surface area contributed by atoms with Crippen LogP contribution in [0.4, 0.5) is 0 Å². The van der Waals surface area contributed by atoms with Crippen LogP contribution in [0.25, 0.3) is 0 Å². The second-order valence-corrected chi connectivity index (χ2v) is 6.85. The van der Waals surface area contributed by atoms with E-state index in [-0.39, 0.29) is 6.10 Å². The smallest absolute Gasteiger partial charge is 0.0897 e. The number of nitrogens with one attached hydrogen (secondary N) is 1. The minimum atomic E-state index is -0.379. The van der Waals surface area contributed by atoms with E-state index in [1.807, 2.05) is 0 Å². The van der Waals surface area contributed by atoms with Crippen molar-refractivity contribution in [1.82, 2.24) is 10.2 Å². The van der Waals surface area contributed by atoms with Gasteiger partial charge in [-0.25, -0.2) is 0 Å². The Kier molecular flexibility index (Phi) is 6.27. The Morgan fingerprint density at radius 1 is 1.20 bits per heavy atom. The van der Waals surface area contributed by atoms with E-state index in [0.29, 0.717) is 24.8 Å². The van der Waals surface area contributed by atoms with Gasteiger partial charge in [0.2, 0.25) is 0 Å². The number of rotatable bonds is 8. The van der Waals surface area contributed by atoms with Gasteiger partial charge in [0.15, 0.2) is 0 Å². The van der Waals surface area contributed by atoms with Crippen molar-refractivity contribution in [2.75, 3.05) is 33.8 Å². The standard InChI is InChI=1S/C16H32N2O2/c1-18(2)16(9-6-10-16)13-17-11-14(19)12-20-15-7-4-3-5-8-15/h14-15,17,19H,3-13H2,1-2H3. The summed E-state index contributed by atoms with van der Waals surface area (Å²) in [4.78, 5) is 2.33. The molecule has 0 saturated heterocycles. The quantitative estimate of drug-likeness (QED) is 0.713. The maximum atomic E-state index is 10.0. The van der Waals surface area contributed by atoms with E-state index in [4.69, 9.17) is 4.74 Å². The number of nitrogens with zero attached hydrogens (tertiary/aromatic N) is 1. The maximum Gasteiger partial charge on any atom is 0.0897 e. The molecule has 2 rings (SSSR count). The lowest BCUT2D eigenvalue weighted by molar-refractivity contribution is -0.0249. The molecule has 0 spiro atoms. The van der Waals surface area contributed by atoms with Gasteiger partial charge in [0.25, 0.3) is 0 Å². The number of likely N-dealkylation sites (N-methyl/N-ethyl adjacent to an activating group) is 1. The van der Waals surface area contributed by atoms with E-state index in [1.54, 1.807) is 0 Å².